The van der Waals surface area contributed by atoms with E-state index in [4.69, 9.17) is 4.55 Å². The van der Waals surface area contributed by atoms with Crippen LogP contribution in [0.25, 0.3) is 0 Å². The van der Waals surface area contributed by atoms with Crippen LogP contribution in [0.2, 0.25) is 0 Å². The summed E-state index contributed by atoms with van der Waals surface area (Å²) in [5.74, 6) is 0. The predicted octanol–water partition coefficient (Wildman–Crippen LogP) is 0.697. The minimum Gasteiger partial charge on any atom is -0.299 e. The second kappa shape index (κ2) is 4.55. The largest absolute Gasteiger partial charge is 0.299 e. The molecule has 1 aliphatic heterocycles. The highest BCUT2D eigenvalue weighted by atomic mass is 32.2. The van der Waals surface area contributed by atoms with Crippen molar-refractivity contribution in [2.75, 3.05) is 19.6 Å². The van der Waals surface area contributed by atoms with Gasteiger partial charge in [-0.1, -0.05) is 0 Å². The van der Waals surface area contributed by atoms with Gasteiger partial charge >= 0.3 is 0 Å². The van der Waals surface area contributed by atoms with Gasteiger partial charge in [0, 0.05) is 13.1 Å². The Labute approximate surface area is 83.8 Å². The summed E-state index contributed by atoms with van der Waals surface area (Å²) in [5.41, 5.74) is 0. The zero-order valence-corrected chi connectivity index (χ0v) is 9.00. The van der Waals surface area contributed by atoms with Crippen molar-refractivity contribution in [1.29, 1.82) is 0 Å². The molecule has 1 heterocycles. The van der Waals surface area contributed by atoms with E-state index in [1.54, 1.807) is 4.90 Å². The van der Waals surface area contributed by atoms with Crippen LogP contribution in [0.5, 0.6) is 0 Å². The zero-order chi connectivity index (χ0) is 10.8. The molecule has 0 amide bonds. The number of hydrogen-bond acceptors (Lipinski definition) is 3. The van der Waals surface area contributed by atoms with E-state index in [0.717, 1.165) is 6.42 Å². The van der Waals surface area contributed by atoms with Gasteiger partial charge in [-0.05, 0) is 26.3 Å². The lowest BCUT2D eigenvalue weighted by atomic mass is 10.1. The number of nitrogens with zero attached hydrogens (tertiary/aromatic N) is 1. The van der Waals surface area contributed by atoms with Crippen molar-refractivity contribution in [2.24, 2.45) is 0 Å². The van der Waals surface area contributed by atoms with Gasteiger partial charge in [-0.25, -0.2) is 4.39 Å². The molecule has 0 aromatic rings. The molecule has 1 rings (SSSR count). The summed E-state index contributed by atoms with van der Waals surface area (Å²) in [6, 6.07) is 0. The molecule has 0 aliphatic carbocycles. The fourth-order valence-electron chi connectivity index (χ4n) is 1.62. The smallest absolute Gasteiger partial charge is 0.268 e. The normalized spacial score (nSPS) is 27.5. The molecule has 0 radical (unpaired) electrons. The van der Waals surface area contributed by atoms with Crippen LogP contribution < -0.4 is 0 Å². The average molecular weight is 225 g/mol. The van der Waals surface area contributed by atoms with Gasteiger partial charge in [0.2, 0.25) is 0 Å². The van der Waals surface area contributed by atoms with Crippen LogP contribution in [0, 0.1) is 0 Å². The Hall–Kier alpha value is -0.200. The fraction of sp³-hybridized carbons (Fsp3) is 1.00. The van der Waals surface area contributed by atoms with E-state index in [-0.39, 0.29) is 13.1 Å². The van der Waals surface area contributed by atoms with Crippen molar-refractivity contribution < 1.29 is 17.4 Å². The van der Waals surface area contributed by atoms with E-state index in [1.807, 2.05) is 0 Å². The van der Waals surface area contributed by atoms with Gasteiger partial charge in [0.15, 0.2) is 0 Å². The van der Waals surface area contributed by atoms with E-state index in [9.17, 15) is 12.8 Å². The Bertz CT molecular complexity index is 280. The van der Waals surface area contributed by atoms with Crippen LogP contribution in [0.4, 0.5) is 4.39 Å². The van der Waals surface area contributed by atoms with E-state index < -0.39 is 21.5 Å². The lowest BCUT2D eigenvalue weighted by Crippen LogP contribution is -2.42. The first-order valence-electron chi connectivity index (χ1n) is 4.72. The fourth-order valence-corrected chi connectivity index (χ4v) is 2.02. The highest BCUT2D eigenvalue weighted by Gasteiger charge is 2.25. The van der Waals surface area contributed by atoms with Crippen molar-refractivity contribution in [3.8, 4) is 0 Å². The molecular formula is C8H16FNO3S. The van der Waals surface area contributed by atoms with Crippen molar-refractivity contribution >= 4 is 10.1 Å². The number of rotatable bonds is 3. The SMILES string of the molecule is CC(CN1CCCC(F)C1)S(=O)(=O)O. The predicted molar refractivity (Wildman–Crippen MR) is 51.6 cm³/mol. The summed E-state index contributed by atoms with van der Waals surface area (Å²) in [6.07, 6.45) is 0.438. The first-order chi connectivity index (χ1) is 6.39. The van der Waals surface area contributed by atoms with Gasteiger partial charge in [-0.2, -0.15) is 8.42 Å². The van der Waals surface area contributed by atoms with Crippen LogP contribution in [0.1, 0.15) is 19.8 Å². The number of halogens is 1. The third-order valence-corrected chi connectivity index (χ3v) is 3.64. The Morgan fingerprint density at radius 1 is 1.64 bits per heavy atom. The first-order valence-corrected chi connectivity index (χ1v) is 6.22. The van der Waals surface area contributed by atoms with Gasteiger partial charge in [0.25, 0.3) is 10.1 Å². The Balaban J connectivity index is 2.44. The molecule has 6 heteroatoms. The van der Waals surface area contributed by atoms with Gasteiger partial charge in [0.1, 0.15) is 6.17 Å². The Morgan fingerprint density at radius 3 is 2.79 bits per heavy atom. The second-order valence-corrected chi connectivity index (χ2v) is 5.66. The van der Waals surface area contributed by atoms with Crippen molar-refractivity contribution in [2.45, 2.75) is 31.2 Å². The highest BCUT2D eigenvalue weighted by Crippen LogP contribution is 2.14. The quantitative estimate of drug-likeness (QED) is 0.718. The van der Waals surface area contributed by atoms with Crippen LogP contribution in [-0.4, -0.2) is 48.9 Å². The maximum Gasteiger partial charge on any atom is 0.268 e. The van der Waals surface area contributed by atoms with Crippen LogP contribution in [-0.2, 0) is 10.1 Å². The molecule has 2 atom stereocenters. The molecule has 0 bridgehead atoms. The van der Waals surface area contributed by atoms with Gasteiger partial charge in [0.05, 0.1) is 5.25 Å². The second-order valence-electron chi connectivity index (χ2n) is 3.82. The molecular weight excluding hydrogens is 209 g/mol. The van der Waals surface area contributed by atoms with Crippen molar-refractivity contribution in [1.82, 2.24) is 4.90 Å². The summed E-state index contributed by atoms with van der Waals surface area (Å²) >= 11 is 0. The van der Waals surface area contributed by atoms with Gasteiger partial charge in [-0.15, -0.1) is 0 Å². The topological polar surface area (TPSA) is 57.6 Å². The average Bonchev–Trinajstić information content (AvgIpc) is 2.02. The van der Waals surface area contributed by atoms with Crippen molar-refractivity contribution in [3.63, 3.8) is 0 Å². The summed E-state index contributed by atoms with van der Waals surface area (Å²) in [6.45, 7) is 2.62. The minimum atomic E-state index is -3.98. The van der Waals surface area contributed by atoms with E-state index in [0.29, 0.717) is 13.0 Å². The lowest BCUT2D eigenvalue weighted by molar-refractivity contribution is 0.139. The summed E-state index contributed by atoms with van der Waals surface area (Å²) in [4.78, 5) is 1.74. The van der Waals surface area contributed by atoms with E-state index >= 15 is 0 Å². The molecule has 0 saturated carbocycles. The number of piperidine rings is 1. The Morgan fingerprint density at radius 2 is 2.29 bits per heavy atom. The molecule has 1 aliphatic rings. The Kier molecular flexibility index (Phi) is 3.86. The molecule has 0 spiro atoms. The molecule has 0 aromatic heterocycles. The third kappa shape index (κ3) is 3.51. The third-order valence-electron chi connectivity index (χ3n) is 2.47. The minimum absolute atomic E-state index is 0.208. The van der Waals surface area contributed by atoms with Crippen LogP contribution >= 0.6 is 0 Å². The molecule has 14 heavy (non-hydrogen) atoms. The molecule has 0 aromatic carbocycles. The lowest BCUT2D eigenvalue weighted by Gasteiger charge is -2.30. The molecule has 4 nitrogen and oxygen atoms in total. The first kappa shape index (κ1) is 11.9. The van der Waals surface area contributed by atoms with Gasteiger partial charge in [-0.3, -0.25) is 9.45 Å². The van der Waals surface area contributed by atoms with E-state index in [2.05, 4.69) is 0 Å². The molecule has 1 saturated heterocycles. The van der Waals surface area contributed by atoms with E-state index in [1.165, 1.54) is 6.92 Å². The monoisotopic (exact) mass is 225 g/mol. The number of likely N-dealkylation sites (tertiary alicyclic amines) is 1. The maximum absolute atomic E-state index is 12.9. The molecule has 84 valence electrons. The molecule has 2 unspecified atom stereocenters. The van der Waals surface area contributed by atoms with Crippen molar-refractivity contribution in [3.05, 3.63) is 0 Å². The number of hydrogen-bond donors (Lipinski definition) is 1. The molecule has 1 N–H and O–H groups in total. The zero-order valence-electron chi connectivity index (χ0n) is 8.19. The standard InChI is InChI=1S/C8H16FNO3S/c1-7(14(11,12)13)5-10-4-2-3-8(9)6-10/h7-8H,2-6H2,1H3,(H,11,12,13). The summed E-state index contributed by atoms with van der Waals surface area (Å²) < 4.78 is 43.1. The number of alkyl halides is 1. The molecule has 1 fully saturated rings. The summed E-state index contributed by atoms with van der Waals surface area (Å²) in [7, 11) is -3.98. The summed E-state index contributed by atoms with van der Waals surface area (Å²) in [5, 5.41) is -0.840. The highest BCUT2D eigenvalue weighted by molar-refractivity contribution is 7.86. The van der Waals surface area contributed by atoms with Gasteiger partial charge < -0.3 is 0 Å². The maximum atomic E-state index is 12.9. The van der Waals surface area contributed by atoms with Crippen LogP contribution in [0.3, 0.4) is 0 Å². The van der Waals surface area contributed by atoms with Crippen LogP contribution in [0.15, 0.2) is 0 Å².